The molecule has 2 aromatic heterocycles. The quantitative estimate of drug-likeness (QED) is 0.230. The van der Waals surface area contributed by atoms with Crippen LogP contribution in [0.4, 0.5) is 26.0 Å². The van der Waals surface area contributed by atoms with Crippen LogP contribution in [0.5, 0.6) is 0 Å². The fourth-order valence-electron chi connectivity index (χ4n) is 4.46. The van der Waals surface area contributed by atoms with Gasteiger partial charge in [-0.25, -0.2) is 26.3 Å². The molecule has 5 rings (SSSR count). The number of nitrogens with zero attached hydrogens (tertiary/aromatic N) is 3. The molecule has 4 aromatic rings. The zero-order valence-corrected chi connectivity index (χ0v) is 23.6. The van der Waals surface area contributed by atoms with Gasteiger partial charge in [-0.2, -0.15) is 0 Å². The summed E-state index contributed by atoms with van der Waals surface area (Å²) in [4.78, 5) is 41.7. The van der Waals surface area contributed by atoms with E-state index in [-0.39, 0.29) is 39.3 Å². The van der Waals surface area contributed by atoms with Crippen molar-refractivity contribution in [2.75, 3.05) is 16.4 Å². The highest BCUT2D eigenvalue weighted by Gasteiger charge is 2.40. The summed E-state index contributed by atoms with van der Waals surface area (Å²) >= 11 is 1.94. The Kier molecular flexibility index (Phi) is 6.86. The SMILES string of the molecule is Cc1c(=O)n(C)c(Nc2ccc(I)cc2F)c2c(=O)[nH]c(=O)n(-c3cccc(N(CF)S(=O)(=O)C4CC4)c3)c12. The summed E-state index contributed by atoms with van der Waals surface area (Å²) in [6, 6.07) is 9.95. The van der Waals surface area contributed by atoms with Gasteiger partial charge in [0.15, 0.2) is 6.80 Å². The van der Waals surface area contributed by atoms with Crippen LogP contribution < -0.4 is 26.4 Å². The maximum Gasteiger partial charge on any atom is 0.333 e. The molecule has 0 unspecified atom stereocenters. The van der Waals surface area contributed by atoms with Crippen LogP contribution in [0.25, 0.3) is 16.6 Å². The van der Waals surface area contributed by atoms with Gasteiger partial charge in [-0.3, -0.25) is 23.7 Å². The number of halogens is 3. The monoisotopic (exact) mass is 669 g/mol. The standard InChI is InChI=1S/C25H22F2IN5O5S/c1-13-21-20(22(31(2)24(13)35)29-19-9-6-14(28)10-18(19)27)23(34)30-25(36)33(21)16-5-3-4-15(11-16)32(12-26)39(37,38)17-7-8-17/h3-6,9-11,17,29H,7-8,12H2,1-2H3,(H,30,34,36). The fourth-order valence-corrected chi connectivity index (χ4v) is 6.55. The maximum absolute atomic E-state index is 14.7. The molecule has 2 aromatic carbocycles. The lowest BCUT2D eigenvalue weighted by Crippen LogP contribution is -2.35. The first-order chi connectivity index (χ1) is 18.4. The van der Waals surface area contributed by atoms with Crippen molar-refractivity contribution in [2.24, 2.45) is 7.05 Å². The zero-order chi connectivity index (χ0) is 28.2. The first-order valence-corrected chi connectivity index (χ1v) is 14.3. The molecule has 0 saturated heterocycles. The highest BCUT2D eigenvalue weighted by atomic mass is 127. The van der Waals surface area contributed by atoms with Gasteiger partial charge in [-0.05, 0) is 78.8 Å². The van der Waals surface area contributed by atoms with E-state index in [1.165, 1.54) is 50.4 Å². The van der Waals surface area contributed by atoms with E-state index in [2.05, 4.69) is 10.3 Å². The van der Waals surface area contributed by atoms with E-state index >= 15 is 0 Å². The lowest BCUT2D eigenvalue weighted by atomic mass is 10.1. The number of fused-ring (bicyclic) bond motifs is 1. The topological polar surface area (TPSA) is 126 Å². The van der Waals surface area contributed by atoms with E-state index in [0.717, 1.165) is 9.13 Å². The number of rotatable bonds is 7. The number of aromatic nitrogens is 3. The number of aryl methyl sites for hydroxylation is 1. The first-order valence-electron chi connectivity index (χ1n) is 11.7. The molecule has 204 valence electrons. The summed E-state index contributed by atoms with van der Waals surface area (Å²) in [6.45, 7) is 0.128. The number of alkyl halides is 1. The number of H-pyrrole nitrogens is 1. The highest BCUT2D eigenvalue weighted by molar-refractivity contribution is 14.1. The number of pyridine rings is 1. The molecule has 2 heterocycles. The van der Waals surface area contributed by atoms with Gasteiger partial charge >= 0.3 is 5.69 Å². The molecule has 14 heteroatoms. The van der Waals surface area contributed by atoms with Crippen molar-refractivity contribution >= 4 is 60.7 Å². The first kappa shape index (κ1) is 27.1. The molecule has 0 aliphatic heterocycles. The fraction of sp³-hybridized carbons (Fsp3) is 0.240. The molecule has 0 amide bonds. The smallest absolute Gasteiger partial charge is 0.333 e. The Morgan fingerprint density at radius 2 is 1.87 bits per heavy atom. The Hall–Kier alpha value is -3.53. The summed E-state index contributed by atoms with van der Waals surface area (Å²) in [6.07, 6.45) is 0.865. The molecule has 1 fully saturated rings. The Morgan fingerprint density at radius 1 is 1.15 bits per heavy atom. The second-order valence-electron chi connectivity index (χ2n) is 9.14. The third-order valence-electron chi connectivity index (χ3n) is 6.59. The average molecular weight is 669 g/mol. The van der Waals surface area contributed by atoms with Crippen LogP contribution in [0.1, 0.15) is 18.4 Å². The number of aromatic amines is 1. The molecule has 0 atom stereocenters. The van der Waals surface area contributed by atoms with Crippen molar-refractivity contribution in [1.29, 1.82) is 0 Å². The Balaban J connectivity index is 1.78. The highest BCUT2D eigenvalue weighted by Crippen LogP contribution is 2.34. The Morgan fingerprint density at radius 3 is 2.51 bits per heavy atom. The van der Waals surface area contributed by atoms with Crippen molar-refractivity contribution in [3.63, 3.8) is 0 Å². The van der Waals surface area contributed by atoms with Crippen LogP contribution in [0.3, 0.4) is 0 Å². The van der Waals surface area contributed by atoms with Gasteiger partial charge in [-0.1, -0.05) is 6.07 Å². The molecule has 0 spiro atoms. The summed E-state index contributed by atoms with van der Waals surface area (Å²) in [5.41, 5.74) is -2.23. The molecule has 0 radical (unpaired) electrons. The van der Waals surface area contributed by atoms with Gasteiger partial charge in [0, 0.05) is 16.2 Å². The van der Waals surface area contributed by atoms with Crippen molar-refractivity contribution < 1.29 is 17.2 Å². The molecule has 1 aliphatic carbocycles. The van der Waals surface area contributed by atoms with Crippen LogP contribution in [0.2, 0.25) is 0 Å². The van der Waals surface area contributed by atoms with Gasteiger partial charge in [0.05, 0.1) is 27.8 Å². The number of hydrogen-bond acceptors (Lipinski definition) is 6. The number of nitrogens with one attached hydrogen (secondary N) is 2. The van der Waals surface area contributed by atoms with Crippen LogP contribution in [0, 0.1) is 16.3 Å². The van der Waals surface area contributed by atoms with E-state index in [0.29, 0.717) is 20.7 Å². The minimum absolute atomic E-state index is 0.00131. The van der Waals surface area contributed by atoms with E-state index in [9.17, 15) is 31.6 Å². The third kappa shape index (κ3) is 4.64. The van der Waals surface area contributed by atoms with Crippen molar-refractivity contribution in [3.8, 4) is 5.69 Å². The van der Waals surface area contributed by atoms with Crippen LogP contribution in [-0.2, 0) is 17.1 Å². The summed E-state index contributed by atoms with van der Waals surface area (Å²) in [5.74, 6) is -0.683. The van der Waals surface area contributed by atoms with Crippen molar-refractivity contribution in [1.82, 2.24) is 14.1 Å². The average Bonchev–Trinajstić information content (AvgIpc) is 3.73. The van der Waals surface area contributed by atoms with E-state index in [1.54, 1.807) is 6.07 Å². The van der Waals surface area contributed by atoms with Crippen molar-refractivity contribution in [2.45, 2.75) is 25.0 Å². The predicted molar refractivity (Wildman–Crippen MR) is 153 cm³/mol. The van der Waals surface area contributed by atoms with Crippen molar-refractivity contribution in [3.05, 3.63) is 88.6 Å². The normalized spacial score (nSPS) is 13.6. The van der Waals surface area contributed by atoms with Gasteiger partial charge in [0.25, 0.3) is 11.1 Å². The van der Waals surface area contributed by atoms with E-state index < -0.39 is 44.7 Å². The second-order valence-corrected chi connectivity index (χ2v) is 12.5. The zero-order valence-electron chi connectivity index (χ0n) is 20.7. The minimum atomic E-state index is -3.94. The molecule has 2 N–H and O–H groups in total. The molecular formula is C25H22F2IN5O5S. The predicted octanol–water partition coefficient (Wildman–Crippen LogP) is 3.40. The third-order valence-corrected chi connectivity index (χ3v) is 9.49. The van der Waals surface area contributed by atoms with E-state index in [4.69, 9.17) is 0 Å². The number of sulfonamides is 1. The Bertz CT molecular complexity index is 1930. The van der Waals surface area contributed by atoms with Crippen LogP contribution in [-0.4, -0.2) is 34.6 Å². The summed E-state index contributed by atoms with van der Waals surface area (Å²) in [5, 5.41) is 2.03. The number of hydrogen-bond donors (Lipinski definition) is 2. The van der Waals surface area contributed by atoms with Gasteiger partial charge < -0.3 is 5.32 Å². The van der Waals surface area contributed by atoms with Crippen LogP contribution >= 0.6 is 22.6 Å². The van der Waals surface area contributed by atoms with Crippen LogP contribution in [0.15, 0.2) is 56.8 Å². The molecular weight excluding hydrogens is 647 g/mol. The molecule has 39 heavy (non-hydrogen) atoms. The van der Waals surface area contributed by atoms with Gasteiger partial charge in [0.1, 0.15) is 17.0 Å². The van der Waals surface area contributed by atoms with Gasteiger partial charge in [-0.15, -0.1) is 0 Å². The van der Waals surface area contributed by atoms with E-state index in [1.807, 2.05) is 22.6 Å². The van der Waals surface area contributed by atoms with Gasteiger partial charge in [0.2, 0.25) is 10.0 Å². The summed E-state index contributed by atoms with van der Waals surface area (Å²) in [7, 11) is -2.54. The lowest BCUT2D eigenvalue weighted by molar-refractivity contribution is 0.498. The Labute approximate surface area is 234 Å². The molecule has 10 nitrogen and oxygen atoms in total. The number of benzene rings is 2. The number of anilines is 3. The molecule has 1 saturated carbocycles. The largest absolute Gasteiger partial charge is 0.338 e. The second kappa shape index (κ2) is 9.89. The maximum atomic E-state index is 14.7. The molecule has 0 bridgehead atoms. The lowest BCUT2D eigenvalue weighted by Gasteiger charge is -2.22. The minimum Gasteiger partial charge on any atom is -0.338 e. The summed E-state index contributed by atoms with van der Waals surface area (Å²) < 4.78 is 57.7. The molecule has 1 aliphatic rings.